The first-order valence-electron chi connectivity index (χ1n) is 6.07. The molecule has 1 amide bonds. The summed E-state index contributed by atoms with van der Waals surface area (Å²) in [6, 6.07) is 0. The Hall–Kier alpha value is -0.820. The van der Waals surface area contributed by atoms with E-state index < -0.39 is 12.7 Å². The van der Waals surface area contributed by atoms with Crippen molar-refractivity contribution in [2.24, 2.45) is 0 Å². The Kier molecular flexibility index (Phi) is 5.87. The molecule has 1 aliphatic rings. The normalized spacial score (nSPS) is 18.1. The lowest BCUT2D eigenvalue weighted by atomic mass is 10.3. The molecule has 1 rings (SSSR count). The predicted octanol–water partition coefficient (Wildman–Crippen LogP) is 1.12. The van der Waals surface area contributed by atoms with Crippen molar-refractivity contribution in [2.75, 3.05) is 45.9 Å². The average molecular weight is 268 g/mol. The number of piperazine rings is 1. The topological polar surface area (TPSA) is 32.8 Å². The van der Waals surface area contributed by atoms with E-state index in [9.17, 15) is 18.0 Å². The van der Waals surface area contributed by atoms with Crippen LogP contribution in [0.1, 0.15) is 13.3 Å². The summed E-state index contributed by atoms with van der Waals surface area (Å²) in [7, 11) is 0. The minimum atomic E-state index is -4.17. The van der Waals surface area contributed by atoms with Gasteiger partial charge in [-0.05, 0) is 6.42 Å². The Morgan fingerprint density at radius 1 is 1.22 bits per heavy atom. The van der Waals surface area contributed by atoms with Crippen molar-refractivity contribution >= 4 is 5.91 Å². The Morgan fingerprint density at radius 2 is 1.83 bits per heavy atom. The zero-order valence-corrected chi connectivity index (χ0v) is 10.5. The summed E-state index contributed by atoms with van der Waals surface area (Å²) in [5.41, 5.74) is 0. The van der Waals surface area contributed by atoms with Crippen LogP contribution >= 0.6 is 0 Å². The van der Waals surface area contributed by atoms with Crippen LogP contribution in [-0.2, 0) is 9.53 Å². The maximum atomic E-state index is 12.2. The number of nitrogens with zero attached hydrogens (tertiary/aromatic N) is 2. The summed E-state index contributed by atoms with van der Waals surface area (Å²) in [5.74, 6) is -0.143. The highest BCUT2D eigenvalue weighted by molar-refractivity contribution is 5.77. The van der Waals surface area contributed by atoms with Crippen molar-refractivity contribution in [3.8, 4) is 0 Å². The van der Waals surface area contributed by atoms with Crippen molar-refractivity contribution in [3.05, 3.63) is 0 Å². The summed E-state index contributed by atoms with van der Waals surface area (Å²) < 4.78 is 41.6. The van der Waals surface area contributed by atoms with E-state index in [4.69, 9.17) is 4.74 Å². The Balaban J connectivity index is 2.24. The molecule has 18 heavy (non-hydrogen) atoms. The van der Waals surface area contributed by atoms with Gasteiger partial charge in [-0.3, -0.25) is 9.69 Å². The van der Waals surface area contributed by atoms with Crippen molar-refractivity contribution in [1.82, 2.24) is 9.80 Å². The number of amides is 1. The van der Waals surface area contributed by atoms with Gasteiger partial charge in [-0.1, -0.05) is 6.92 Å². The maximum Gasteiger partial charge on any atom is 0.401 e. The second kappa shape index (κ2) is 6.94. The van der Waals surface area contributed by atoms with E-state index >= 15 is 0 Å². The number of alkyl halides is 3. The van der Waals surface area contributed by atoms with E-state index in [0.29, 0.717) is 19.7 Å². The average Bonchev–Trinajstić information content (AvgIpc) is 2.28. The Morgan fingerprint density at radius 3 is 2.33 bits per heavy atom. The molecular formula is C11H19F3N2O2. The smallest absolute Gasteiger partial charge is 0.372 e. The highest BCUT2D eigenvalue weighted by atomic mass is 19.4. The van der Waals surface area contributed by atoms with Gasteiger partial charge >= 0.3 is 6.18 Å². The lowest BCUT2D eigenvalue weighted by molar-refractivity contribution is -0.152. The second-order valence-corrected chi connectivity index (χ2v) is 4.32. The van der Waals surface area contributed by atoms with Crippen LogP contribution in [0.3, 0.4) is 0 Å². The van der Waals surface area contributed by atoms with E-state index in [1.807, 2.05) is 6.92 Å². The minimum absolute atomic E-state index is 0.0209. The fourth-order valence-corrected chi connectivity index (χ4v) is 1.80. The highest BCUT2D eigenvalue weighted by Gasteiger charge is 2.32. The van der Waals surface area contributed by atoms with Crippen LogP contribution in [0, 0.1) is 0 Å². The van der Waals surface area contributed by atoms with E-state index in [1.54, 1.807) is 4.90 Å². The molecule has 7 heteroatoms. The lowest BCUT2D eigenvalue weighted by Gasteiger charge is -2.34. The number of ether oxygens (including phenoxy) is 1. The number of halogens is 3. The van der Waals surface area contributed by atoms with Gasteiger partial charge < -0.3 is 9.64 Å². The first-order chi connectivity index (χ1) is 8.42. The van der Waals surface area contributed by atoms with Crippen LogP contribution in [0.4, 0.5) is 13.2 Å². The molecular weight excluding hydrogens is 249 g/mol. The third-order valence-electron chi connectivity index (χ3n) is 2.70. The monoisotopic (exact) mass is 268 g/mol. The van der Waals surface area contributed by atoms with Crippen LogP contribution in [-0.4, -0.2) is 67.8 Å². The van der Waals surface area contributed by atoms with Crippen molar-refractivity contribution in [3.63, 3.8) is 0 Å². The third-order valence-corrected chi connectivity index (χ3v) is 2.70. The molecule has 0 atom stereocenters. The van der Waals surface area contributed by atoms with Gasteiger partial charge in [-0.15, -0.1) is 0 Å². The van der Waals surface area contributed by atoms with E-state index in [2.05, 4.69) is 0 Å². The molecule has 1 aliphatic heterocycles. The molecule has 0 spiro atoms. The first kappa shape index (κ1) is 15.2. The number of carbonyl (C=O) groups is 1. The quantitative estimate of drug-likeness (QED) is 0.700. The molecule has 106 valence electrons. The van der Waals surface area contributed by atoms with E-state index in [0.717, 1.165) is 6.42 Å². The lowest BCUT2D eigenvalue weighted by Crippen LogP contribution is -2.51. The fraction of sp³-hybridized carbons (Fsp3) is 0.909. The predicted molar refractivity (Wildman–Crippen MR) is 60.2 cm³/mol. The minimum Gasteiger partial charge on any atom is -0.372 e. The molecule has 0 saturated carbocycles. The molecule has 1 fully saturated rings. The molecule has 0 aromatic carbocycles. The largest absolute Gasteiger partial charge is 0.401 e. The third kappa shape index (κ3) is 5.68. The molecule has 0 unspecified atom stereocenters. The number of hydrogen-bond donors (Lipinski definition) is 0. The number of hydrogen-bond acceptors (Lipinski definition) is 3. The Labute approximate surface area is 105 Å². The van der Waals surface area contributed by atoms with Gasteiger partial charge in [-0.2, -0.15) is 13.2 Å². The summed E-state index contributed by atoms with van der Waals surface area (Å²) in [6.07, 6.45) is -3.33. The molecule has 1 heterocycles. The highest BCUT2D eigenvalue weighted by Crippen LogP contribution is 2.17. The SMILES string of the molecule is CCCOCC(=O)N1CCN(CC(F)(F)F)CC1. The van der Waals surface area contributed by atoms with Gasteiger partial charge in [0.05, 0.1) is 6.54 Å². The molecule has 0 aliphatic carbocycles. The van der Waals surface area contributed by atoms with Gasteiger partial charge in [-0.25, -0.2) is 0 Å². The van der Waals surface area contributed by atoms with Gasteiger partial charge in [0, 0.05) is 32.8 Å². The van der Waals surface area contributed by atoms with Gasteiger partial charge in [0.2, 0.25) is 5.91 Å². The summed E-state index contributed by atoms with van der Waals surface area (Å²) >= 11 is 0. The Bertz CT molecular complexity index is 264. The van der Waals surface area contributed by atoms with Crippen LogP contribution in [0.5, 0.6) is 0 Å². The molecule has 0 aromatic rings. The van der Waals surface area contributed by atoms with Crippen molar-refractivity contribution in [2.45, 2.75) is 19.5 Å². The van der Waals surface area contributed by atoms with Crippen LogP contribution in [0.2, 0.25) is 0 Å². The summed E-state index contributed by atoms with van der Waals surface area (Å²) in [4.78, 5) is 14.5. The zero-order chi connectivity index (χ0) is 13.6. The molecule has 0 radical (unpaired) electrons. The molecule has 0 aromatic heterocycles. The van der Waals surface area contributed by atoms with Crippen LogP contribution < -0.4 is 0 Å². The van der Waals surface area contributed by atoms with Crippen molar-refractivity contribution < 1.29 is 22.7 Å². The first-order valence-corrected chi connectivity index (χ1v) is 6.07. The number of carbonyl (C=O) groups excluding carboxylic acids is 1. The molecule has 4 nitrogen and oxygen atoms in total. The molecule has 0 N–H and O–H groups in total. The zero-order valence-electron chi connectivity index (χ0n) is 10.5. The molecule has 0 bridgehead atoms. The molecule has 1 saturated heterocycles. The standard InChI is InChI=1S/C11H19F3N2O2/c1-2-7-18-8-10(17)16-5-3-15(4-6-16)9-11(12,13)14/h2-9H2,1H3. The van der Waals surface area contributed by atoms with Gasteiger partial charge in [0.15, 0.2) is 0 Å². The second-order valence-electron chi connectivity index (χ2n) is 4.32. The van der Waals surface area contributed by atoms with Crippen LogP contribution in [0.25, 0.3) is 0 Å². The van der Waals surface area contributed by atoms with Gasteiger partial charge in [0.25, 0.3) is 0 Å². The fourth-order valence-electron chi connectivity index (χ4n) is 1.80. The van der Waals surface area contributed by atoms with E-state index in [-0.39, 0.29) is 25.6 Å². The van der Waals surface area contributed by atoms with Gasteiger partial charge in [0.1, 0.15) is 6.61 Å². The van der Waals surface area contributed by atoms with Crippen molar-refractivity contribution in [1.29, 1.82) is 0 Å². The van der Waals surface area contributed by atoms with E-state index in [1.165, 1.54) is 4.90 Å². The maximum absolute atomic E-state index is 12.2. The summed E-state index contributed by atoms with van der Waals surface area (Å²) in [6.45, 7) is 2.79. The van der Waals surface area contributed by atoms with Crippen LogP contribution in [0.15, 0.2) is 0 Å². The summed E-state index contributed by atoms with van der Waals surface area (Å²) in [5, 5.41) is 0. The number of rotatable bonds is 5.